The molecule has 0 fully saturated rings. The zero-order chi connectivity index (χ0) is 22.5. The number of nitrogens with one attached hydrogen (secondary N) is 1. The van der Waals surface area contributed by atoms with Gasteiger partial charge in [0, 0.05) is 29.8 Å². The molecule has 6 nitrogen and oxygen atoms in total. The number of anilines is 1. The summed E-state index contributed by atoms with van der Waals surface area (Å²) in [5.41, 5.74) is 1.98. The summed E-state index contributed by atoms with van der Waals surface area (Å²) in [5, 5.41) is 5.01. The Morgan fingerprint density at radius 3 is 2.56 bits per heavy atom. The number of nitrogens with zero attached hydrogens (tertiary/aromatic N) is 1. The van der Waals surface area contributed by atoms with Crippen molar-refractivity contribution < 1.29 is 19.1 Å². The van der Waals surface area contributed by atoms with Gasteiger partial charge < -0.3 is 19.7 Å². The van der Waals surface area contributed by atoms with E-state index in [0.717, 1.165) is 16.2 Å². The van der Waals surface area contributed by atoms with Crippen LogP contribution in [0.25, 0.3) is 0 Å². The molecule has 0 unspecified atom stereocenters. The van der Waals surface area contributed by atoms with Crippen molar-refractivity contribution in [3.8, 4) is 5.75 Å². The van der Waals surface area contributed by atoms with E-state index in [2.05, 4.69) is 5.32 Å². The van der Waals surface area contributed by atoms with Gasteiger partial charge in [0.05, 0.1) is 25.2 Å². The van der Waals surface area contributed by atoms with Crippen molar-refractivity contribution in [3.05, 3.63) is 82.0 Å². The van der Waals surface area contributed by atoms with Crippen molar-refractivity contribution in [1.29, 1.82) is 0 Å². The molecular weight excluding hydrogens is 424 g/mol. The number of amides is 2. The zero-order valence-corrected chi connectivity index (χ0v) is 18.9. The van der Waals surface area contributed by atoms with Crippen LogP contribution in [0, 0.1) is 0 Å². The molecule has 0 radical (unpaired) electrons. The fourth-order valence-electron chi connectivity index (χ4n) is 4.11. The number of ether oxygens (including phenoxy) is 2. The van der Waals surface area contributed by atoms with Crippen LogP contribution in [0.2, 0.25) is 0 Å². The summed E-state index contributed by atoms with van der Waals surface area (Å²) in [6, 6.07) is 18.2. The number of thiophene rings is 1. The molecule has 2 atom stereocenters. The van der Waals surface area contributed by atoms with Crippen molar-refractivity contribution >= 4 is 28.8 Å². The molecule has 0 saturated carbocycles. The minimum atomic E-state index is -0.550. The van der Waals surface area contributed by atoms with E-state index < -0.39 is 12.0 Å². The van der Waals surface area contributed by atoms with Gasteiger partial charge in [-0.25, -0.2) is 0 Å². The molecule has 3 aromatic rings. The molecule has 0 spiro atoms. The molecule has 1 aliphatic heterocycles. The molecule has 0 bridgehead atoms. The smallest absolute Gasteiger partial charge is 0.254 e. The normalized spacial score (nSPS) is 17.7. The summed E-state index contributed by atoms with van der Waals surface area (Å²) in [7, 11) is 1.61. The van der Waals surface area contributed by atoms with Gasteiger partial charge in [0.2, 0.25) is 5.91 Å². The summed E-state index contributed by atoms with van der Waals surface area (Å²) in [6.45, 7) is 3.30. The van der Waals surface area contributed by atoms with Crippen LogP contribution >= 0.6 is 11.3 Å². The minimum absolute atomic E-state index is 0.0823. The minimum Gasteiger partial charge on any atom is -0.494 e. The van der Waals surface area contributed by atoms with Crippen molar-refractivity contribution in [1.82, 2.24) is 4.90 Å². The van der Waals surface area contributed by atoms with E-state index in [1.807, 2.05) is 66.9 Å². The van der Waals surface area contributed by atoms with Gasteiger partial charge >= 0.3 is 0 Å². The molecule has 2 amide bonds. The van der Waals surface area contributed by atoms with Crippen LogP contribution in [-0.2, 0) is 9.53 Å². The number of carbonyl (C=O) groups excluding carboxylic acids is 2. The number of benzene rings is 2. The Morgan fingerprint density at radius 2 is 1.88 bits per heavy atom. The lowest BCUT2D eigenvalue weighted by Gasteiger charge is -2.41. The Morgan fingerprint density at radius 1 is 1.09 bits per heavy atom. The van der Waals surface area contributed by atoms with Gasteiger partial charge in [0.15, 0.2) is 0 Å². The predicted molar refractivity (Wildman–Crippen MR) is 125 cm³/mol. The first-order chi connectivity index (χ1) is 15.6. The number of methoxy groups -OCH3 is 1. The summed E-state index contributed by atoms with van der Waals surface area (Å²) >= 11 is 1.55. The summed E-state index contributed by atoms with van der Waals surface area (Å²) < 4.78 is 10.8. The van der Waals surface area contributed by atoms with Crippen LogP contribution in [0.1, 0.15) is 39.7 Å². The topological polar surface area (TPSA) is 67.9 Å². The first-order valence-corrected chi connectivity index (χ1v) is 11.5. The van der Waals surface area contributed by atoms with E-state index in [9.17, 15) is 9.59 Å². The highest BCUT2D eigenvalue weighted by Gasteiger charge is 2.44. The fourth-order valence-corrected chi connectivity index (χ4v) is 4.98. The van der Waals surface area contributed by atoms with Crippen molar-refractivity contribution in [3.63, 3.8) is 0 Å². The Labute approximate surface area is 191 Å². The highest BCUT2D eigenvalue weighted by Crippen LogP contribution is 2.44. The summed E-state index contributed by atoms with van der Waals surface area (Å²) in [6.07, 6.45) is 0. The van der Waals surface area contributed by atoms with Crippen LogP contribution < -0.4 is 10.1 Å². The highest BCUT2D eigenvalue weighted by molar-refractivity contribution is 7.10. The molecule has 32 heavy (non-hydrogen) atoms. The second-order valence-electron chi connectivity index (χ2n) is 7.46. The van der Waals surface area contributed by atoms with E-state index in [1.54, 1.807) is 29.4 Å². The van der Waals surface area contributed by atoms with Crippen molar-refractivity contribution in [2.45, 2.75) is 18.9 Å². The molecule has 1 aromatic heterocycles. The van der Waals surface area contributed by atoms with Gasteiger partial charge in [0.1, 0.15) is 5.75 Å². The third kappa shape index (κ3) is 4.40. The van der Waals surface area contributed by atoms with Gasteiger partial charge in [0.25, 0.3) is 5.91 Å². The number of carbonyl (C=O) groups is 2. The average molecular weight is 451 g/mol. The standard InChI is InChI=1S/C25H26N2O4S/c1-3-31-18-12-10-17(11-13-18)26-24(28)22-19-7-4-5-8-20(19)25(29)27(14-15-30-2)23(22)21-9-6-16-32-21/h4-13,16,22-23H,3,14-15H2,1-2H3,(H,26,28)/t22-,23-/m0/s1. The van der Waals surface area contributed by atoms with Gasteiger partial charge in [-0.15, -0.1) is 11.3 Å². The predicted octanol–water partition coefficient (Wildman–Crippen LogP) is 4.71. The molecular formula is C25H26N2O4S. The third-order valence-electron chi connectivity index (χ3n) is 5.52. The molecule has 0 aliphatic carbocycles. The number of fused-ring (bicyclic) bond motifs is 1. The molecule has 7 heteroatoms. The average Bonchev–Trinajstić information content (AvgIpc) is 3.34. The molecule has 2 heterocycles. The Balaban J connectivity index is 1.72. The van der Waals surface area contributed by atoms with Crippen LogP contribution in [0.5, 0.6) is 5.75 Å². The molecule has 4 rings (SSSR count). The zero-order valence-electron chi connectivity index (χ0n) is 18.1. The molecule has 1 aliphatic rings. The maximum absolute atomic E-state index is 13.7. The first-order valence-electron chi connectivity index (χ1n) is 10.6. The van der Waals surface area contributed by atoms with Gasteiger partial charge in [-0.05, 0) is 54.3 Å². The number of hydrogen-bond donors (Lipinski definition) is 1. The quantitative estimate of drug-likeness (QED) is 0.540. The van der Waals surface area contributed by atoms with Gasteiger partial charge in [-0.2, -0.15) is 0 Å². The van der Waals surface area contributed by atoms with E-state index in [0.29, 0.717) is 31.0 Å². The van der Waals surface area contributed by atoms with E-state index in [1.165, 1.54) is 0 Å². The number of rotatable bonds is 8. The SMILES string of the molecule is CCOc1ccc(NC(=O)[C@H]2c3ccccc3C(=O)N(CCOC)[C@H]2c2cccs2)cc1. The third-order valence-corrected chi connectivity index (χ3v) is 6.47. The summed E-state index contributed by atoms with van der Waals surface area (Å²) in [5.74, 6) is -0.0385. The van der Waals surface area contributed by atoms with Gasteiger partial charge in [-0.3, -0.25) is 9.59 Å². The van der Waals surface area contributed by atoms with E-state index in [4.69, 9.17) is 9.47 Å². The molecule has 2 aromatic carbocycles. The van der Waals surface area contributed by atoms with E-state index >= 15 is 0 Å². The van der Waals surface area contributed by atoms with Crippen LogP contribution in [0.15, 0.2) is 66.0 Å². The van der Waals surface area contributed by atoms with E-state index in [-0.39, 0.29) is 11.8 Å². The monoisotopic (exact) mass is 450 g/mol. The lowest BCUT2D eigenvalue weighted by atomic mass is 9.81. The Hall–Kier alpha value is -3.16. The maximum atomic E-state index is 13.7. The first kappa shape index (κ1) is 22.0. The largest absolute Gasteiger partial charge is 0.494 e. The van der Waals surface area contributed by atoms with Gasteiger partial charge in [-0.1, -0.05) is 24.3 Å². The van der Waals surface area contributed by atoms with Crippen LogP contribution in [-0.4, -0.2) is 43.6 Å². The van der Waals surface area contributed by atoms with Crippen molar-refractivity contribution in [2.24, 2.45) is 0 Å². The Kier molecular flexibility index (Phi) is 6.87. The molecule has 0 saturated heterocycles. The lowest BCUT2D eigenvalue weighted by molar-refractivity contribution is -0.119. The number of hydrogen-bond acceptors (Lipinski definition) is 5. The molecule has 1 N–H and O–H groups in total. The van der Waals surface area contributed by atoms with Crippen LogP contribution in [0.4, 0.5) is 5.69 Å². The lowest BCUT2D eigenvalue weighted by Crippen LogP contribution is -2.47. The summed E-state index contributed by atoms with van der Waals surface area (Å²) in [4.78, 5) is 29.8. The van der Waals surface area contributed by atoms with Crippen LogP contribution in [0.3, 0.4) is 0 Å². The Bertz CT molecular complexity index is 1070. The highest BCUT2D eigenvalue weighted by atomic mass is 32.1. The fraction of sp³-hybridized carbons (Fsp3) is 0.280. The maximum Gasteiger partial charge on any atom is 0.254 e. The molecule has 166 valence electrons. The van der Waals surface area contributed by atoms with Crippen molar-refractivity contribution in [2.75, 3.05) is 32.2 Å². The second-order valence-corrected chi connectivity index (χ2v) is 8.44. The second kappa shape index (κ2) is 9.97.